The molecule has 4 aromatic rings. The number of halogens is 1. The predicted octanol–water partition coefficient (Wildman–Crippen LogP) is 5.63. The standard InChI is InChI=1S/C33H42ClN7O4S/c1-5-44-46(42,43)41-22-27(26-8-6-7-9-29(26)41)32-28(34)21-35-33(37-32)36-24-10-11-30(31(20-24)45-23(2)3)40-14-12-25(13-15-40)39-18-16-38(4)17-19-39/h6-11,20-23,25H,5,12-19H2,1-4H3,(H,35,36,37). The number of para-hydroxylation sites is 1. The number of ether oxygens (including phenoxy) is 1. The third-order valence-electron chi connectivity index (χ3n) is 8.62. The second-order valence-electron chi connectivity index (χ2n) is 12.1. The predicted molar refractivity (Wildman–Crippen MR) is 184 cm³/mol. The van der Waals surface area contributed by atoms with Gasteiger partial charge in [-0.2, -0.15) is 8.42 Å². The number of aromatic nitrogens is 3. The summed E-state index contributed by atoms with van der Waals surface area (Å²) in [5.41, 5.74) is 3.26. The van der Waals surface area contributed by atoms with Crippen molar-refractivity contribution in [3.05, 3.63) is 59.9 Å². The Balaban J connectivity index is 1.24. The van der Waals surface area contributed by atoms with E-state index in [1.54, 1.807) is 19.1 Å². The molecule has 2 aromatic carbocycles. The molecule has 0 bridgehead atoms. The number of nitrogens with one attached hydrogen (secondary N) is 1. The Morgan fingerprint density at radius 1 is 1.04 bits per heavy atom. The maximum Gasteiger partial charge on any atom is 0.366 e. The summed E-state index contributed by atoms with van der Waals surface area (Å²) in [7, 11) is -1.84. The van der Waals surface area contributed by atoms with E-state index in [0.29, 0.717) is 39.2 Å². The highest BCUT2D eigenvalue weighted by Crippen LogP contribution is 2.37. The number of nitrogens with zero attached hydrogens (tertiary/aromatic N) is 6. The van der Waals surface area contributed by atoms with Gasteiger partial charge in [0.2, 0.25) is 5.95 Å². The van der Waals surface area contributed by atoms with Crippen molar-refractivity contribution in [2.45, 2.75) is 45.8 Å². The SMILES string of the molecule is CCOS(=O)(=O)n1cc(-c2nc(Nc3ccc(N4CCC(N5CCN(C)CC5)CC4)c(OC(C)C)c3)ncc2Cl)c2ccccc21. The van der Waals surface area contributed by atoms with E-state index < -0.39 is 10.3 Å². The van der Waals surface area contributed by atoms with E-state index >= 15 is 0 Å². The smallest absolute Gasteiger partial charge is 0.366 e. The molecule has 2 fully saturated rings. The highest BCUT2D eigenvalue weighted by atomic mass is 35.5. The summed E-state index contributed by atoms with van der Waals surface area (Å²) in [6, 6.07) is 13.9. The van der Waals surface area contributed by atoms with E-state index in [1.165, 1.54) is 12.4 Å². The monoisotopic (exact) mass is 667 g/mol. The summed E-state index contributed by atoms with van der Waals surface area (Å²) in [4.78, 5) is 16.6. The van der Waals surface area contributed by atoms with Crippen molar-refractivity contribution in [3.63, 3.8) is 0 Å². The molecular weight excluding hydrogens is 626 g/mol. The van der Waals surface area contributed by atoms with Crippen molar-refractivity contribution >= 4 is 50.1 Å². The van der Waals surface area contributed by atoms with E-state index in [0.717, 1.165) is 73.2 Å². The number of fused-ring (bicyclic) bond motifs is 1. The minimum Gasteiger partial charge on any atom is -0.489 e. The molecule has 0 aliphatic carbocycles. The van der Waals surface area contributed by atoms with E-state index in [2.05, 4.69) is 38.1 Å². The number of anilines is 3. The molecule has 0 spiro atoms. The molecule has 13 heteroatoms. The van der Waals surface area contributed by atoms with Gasteiger partial charge < -0.3 is 19.9 Å². The molecule has 2 saturated heterocycles. The summed E-state index contributed by atoms with van der Waals surface area (Å²) in [6.07, 6.45) is 5.27. The fourth-order valence-corrected chi connectivity index (χ4v) is 7.57. The summed E-state index contributed by atoms with van der Waals surface area (Å²) in [5.74, 6) is 1.12. The van der Waals surface area contributed by atoms with Gasteiger partial charge in [-0.05, 0) is 58.9 Å². The van der Waals surface area contributed by atoms with Crippen LogP contribution in [0.15, 0.2) is 54.9 Å². The molecule has 246 valence electrons. The molecule has 1 N–H and O–H groups in total. The van der Waals surface area contributed by atoms with E-state index in [9.17, 15) is 8.42 Å². The van der Waals surface area contributed by atoms with Gasteiger partial charge in [-0.25, -0.2) is 13.9 Å². The molecule has 11 nitrogen and oxygen atoms in total. The quantitative estimate of drug-likeness (QED) is 0.229. The van der Waals surface area contributed by atoms with Gasteiger partial charge >= 0.3 is 10.3 Å². The zero-order valence-corrected chi connectivity index (χ0v) is 28.4. The summed E-state index contributed by atoms with van der Waals surface area (Å²) >= 11 is 6.60. The van der Waals surface area contributed by atoms with Gasteiger partial charge in [0.15, 0.2) is 0 Å². The minimum absolute atomic E-state index is 0.000507. The second-order valence-corrected chi connectivity index (χ2v) is 14.0. The van der Waals surface area contributed by atoms with Crippen LogP contribution in [0, 0.1) is 0 Å². The molecule has 0 atom stereocenters. The molecule has 0 radical (unpaired) electrons. The molecule has 2 aliphatic rings. The zero-order chi connectivity index (χ0) is 32.4. The van der Waals surface area contributed by atoms with Crippen LogP contribution in [0.2, 0.25) is 5.02 Å². The first-order valence-corrected chi connectivity index (χ1v) is 17.7. The van der Waals surface area contributed by atoms with Crippen LogP contribution in [0.1, 0.15) is 33.6 Å². The van der Waals surface area contributed by atoms with Crippen LogP contribution in [0.3, 0.4) is 0 Å². The number of piperidine rings is 1. The number of rotatable bonds is 10. The zero-order valence-electron chi connectivity index (χ0n) is 26.8. The van der Waals surface area contributed by atoms with Gasteiger partial charge in [-0.1, -0.05) is 29.8 Å². The Labute approximate surface area is 276 Å². The van der Waals surface area contributed by atoms with Crippen molar-refractivity contribution in [1.82, 2.24) is 23.7 Å². The van der Waals surface area contributed by atoms with Crippen LogP contribution in [0.5, 0.6) is 5.75 Å². The van der Waals surface area contributed by atoms with E-state index in [4.69, 9.17) is 25.5 Å². The third kappa shape index (κ3) is 6.96. The first-order chi connectivity index (χ1) is 22.1. The molecule has 2 aromatic heterocycles. The van der Waals surface area contributed by atoms with Crippen molar-refractivity contribution in [2.75, 3.05) is 63.1 Å². The number of likely N-dealkylation sites (N-methyl/N-ethyl adjacent to an activating group) is 1. The van der Waals surface area contributed by atoms with Crippen LogP contribution in [0.4, 0.5) is 17.3 Å². The Hall–Kier alpha value is -3.42. The van der Waals surface area contributed by atoms with Gasteiger partial charge in [0.25, 0.3) is 0 Å². The summed E-state index contributed by atoms with van der Waals surface area (Å²) < 4.78 is 38.3. The molecule has 0 saturated carbocycles. The lowest BCUT2D eigenvalue weighted by Gasteiger charge is -2.42. The van der Waals surface area contributed by atoms with Crippen LogP contribution >= 0.6 is 11.6 Å². The number of benzene rings is 2. The molecule has 0 unspecified atom stereocenters. The number of hydrogen-bond acceptors (Lipinski definition) is 10. The topological polar surface area (TPSA) is 105 Å². The maximum atomic E-state index is 12.9. The first-order valence-electron chi connectivity index (χ1n) is 15.9. The largest absolute Gasteiger partial charge is 0.489 e. The van der Waals surface area contributed by atoms with Crippen LogP contribution in [0.25, 0.3) is 22.2 Å². The van der Waals surface area contributed by atoms with Gasteiger partial charge in [0, 0.05) is 74.2 Å². The Morgan fingerprint density at radius 2 is 1.78 bits per heavy atom. The van der Waals surface area contributed by atoms with Gasteiger partial charge in [-0.15, -0.1) is 0 Å². The molecule has 6 rings (SSSR count). The van der Waals surface area contributed by atoms with Crippen molar-refractivity contribution in [1.29, 1.82) is 0 Å². The fourth-order valence-electron chi connectivity index (χ4n) is 6.34. The Bertz CT molecular complexity index is 1780. The van der Waals surface area contributed by atoms with Crippen LogP contribution in [-0.2, 0) is 14.5 Å². The summed E-state index contributed by atoms with van der Waals surface area (Å²) in [6.45, 7) is 12.2. The van der Waals surface area contributed by atoms with Gasteiger partial charge in [0.05, 0.1) is 40.8 Å². The van der Waals surface area contributed by atoms with Gasteiger partial charge in [-0.3, -0.25) is 9.08 Å². The summed E-state index contributed by atoms with van der Waals surface area (Å²) in [5, 5.41) is 4.27. The third-order valence-corrected chi connectivity index (χ3v) is 10.2. The molecule has 4 heterocycles. The minimum atomic E-state index is -4.04. The molecular formula is C33H42ClN7O4S. The molecule has 0 amide bonds. The van der Waals surface area contributed by atoms with Crippen molar-refractivity contribution in [2.24, 2.45) is 0 Å². The molecule has 2 aliphatic heterocycles. The van der Waals surface area contributed by atoms with E-state index in [-0.39, 0.29) is 12.7 Å². The highest BCUT2D eigenvalue weighted by molar-refractivity contribution is 7.85. The van der Waals surface area contributed by atoms with Crippen LogP contribution < -0.4 is 15.0 Å². The lowest BCUT2D eigenvalue weighted by molar-refractivity contribution is 0.0981. The Kier molecular flexibility index (Phi) is 9.72. The first kappa shape index (κ1) is 32.5. The fraction of sp³-hybridized carbons (Fsp3) is 0.455. The lowest BCUT2D eigenvalue weighted by Crippen LogP contribution is -2.52. The average Bonchev–Trinajstić information content (AvgIpc) is 3.43. The van der Waals surface area contributed by atoms with Crippen LogP contribution in [-0.4, -0.2) is 97.2 Å². The number of piperazine rings is 1. The van der Waals surface area contributed by atoms with Gasteiger partial charge in [0.1, 0.15) is 5.75 Å². The second kappa shape index (κ2) is 13.7. The van der Waals surface area contributed by atoms with Crippen molar-refractivity contribution < 1.29 is 17.3 Å². The highest BCUT2D eigenvalue weighted by Gasteiger charge is 2.28. The Morgan fingerprint density at radius 3 is 2.50 bits per heavy atom. The van der Waals surface area contributed by atoms with E-state index in [1.807, 2.05) is 38.1 Å². The number of hydrogen-bond donors (Lipinski definition) is 1. The molecule has 46 heavy (non-hydrogen) atoms. The van der Waals surface area contributed by atoms with Crippen molar-refractivity contribution in [3.8, 4) is 17.0 Å². The maximum absolute atomic E-state index is 12.9. The lowest BCUT2D eigenvalue weighted by atomic mass is 10.0. The normalized spacial score (nSPS) is 17.2. The average molecular weight is 668 g/mol.